The Morgan fingerprint density at radius 1 is 1.53 bits per heavy atom. The summed E-state index contributed by atoms with van der Waals surface area (Å²) in [6.07, 6.45) is 0. The Balaban J connectivity index is 2.70. The number of methoxy groups -OCH3 is 1. The second kappa shape index (κ2) is 5.40. The first-order valence-electron chi connectivity index (χ1n) is 5.24. The van der Waals surface area contributed by atoms with Gasteiger partial charge in [0, 0.05) is 22.4 Å². The minimum Gasteiger partial charge on any atom is -0.469 e. The van der Waals surface area contributed by atoms with E-state index in [2.05, 4.69) is 21.2 Å². The first-order chi connectivity index (χ1) is 7.86. The van der Waals surface area contributed by atoms with Crippen molar-refractivity contribution in [1.82, 2.24) is 0 Å². The number of nitrogens with one attached hydrogen (secondary N) is 1. The molecular weight excluding hydrogens is 284 g/mol. The summed E-state index contributed by atoms with van der Waals surface area (Å²) in [6, 6.07) is 5.48. The van der Waals surface area contributed by atoms with Gasteiger partial charge in [-0.2, -0.15) is 0 Å². The summed E-state index contributed by atoms with van der Waals surface area (Å²) in [4.78, 5) is 11.5. The average molecular weight is 301 g/mol. The fraction of sp³-hybridized carbons (Fsp3) is 0.417. The van der Waals surface area contributed by atoms with E-state index in [1.165, 1.54) is 7.11 Å². The van der Waals surface area contributed by atoms with Crippen LogP contribution in [0.1, 0.15) is 13.8 Å². The van der Waals surface area contributed by atoms with Crippen molar-refractivity contribution in [3.8, 4) is 0 Å². The van der Waals surface area contributed by atoms with Crippen LogP contribution in [0.2, 0.25) is 0 Å². The number of carbonyl (C=O) groups excluding carboxylic acids is 1. The lowest BCUT2D eigenvalue weighted by Crippen LogP contribution is -2.33. The number of nitrogen functional groups attached to an aromatic ring is 1. The predicted octanol–water partition coefficient (Wildman–Crippen LogP) is 2.64. The smallest absolute Gasteiger partial charge is 0.313 e. The molecule has 0 unspecified atom stereocenters. The van der Waals surface area contributed by atoms with Crippen LogP contribution in [0.4, 0.5) is 11.4 Å². The number of anilines is 2. The molecule has 1 aromatic carbocycles. The fourth-order valence-corrected chi connectivity index (χ4v) is 1.88. The second-order valence-electron chi connectivity index (χ2n) is 4.47. The Kier molecular flexibility index (Phi) is 4.40. The molecule has 0 amide bonds. The van der Waals surface area contributed by atoms with E-state index in [1.807, 2.05) is 26.0 Å². The Labute approximate surface area is 110 Å². The summed E-state index contributed by atoms with van der Waals surface area (Å²) in [7, 11) is 1.39. The first-order valence-corrected chi connectivity index (χ1v) is 6.03. The van der Waals surface area contributed by atoms with Gasteiger partial charge in [-0.3, -0.25) is 4.79 Å². The van der Waals surface area contributed by atoms with Gasteiger partial charge in [0.1, 0.15) is 0 Å². The largest absolute Gasteiger partial charge is 0.469 e. The van der Waals surface area contributed by atoms with Gasteiger partial charge in [-0.1, -0.05) is 0 Å². The number of hydrogen-bond acceptors (Lipinski definition) is 4. The van der Waals surface area contributed by atoms with Crippen LogP contribution in [-0.2, 0) is 9.53 Å². The van der Waals surface area contributed by atoms with Gasteiger partial charge in [0.05, 0.1) is 12.5 Å². The summed E-state index contributed by atoms with van der Waals surface area (Å²) in [5.74, 6) is -0.239. The zero-order valence-corrected chi connectivity index (χ0v) is 11.8. The number of benzene rings is 1. The first kappa shape index (κ1) is 13.8. The second-order valence-corrected chi connectivity index (χ2v) is 5.32. The maximum absolute atomic E-state index is 11.5. The molecule has 1 aromatic rings. The van der Waals surface area contributed by atoms with Crippen LogP contribution >= 0.6 is 15.9 Å². The number of esters is 1. The highest BCUT2D eigenvalue weighted by Crippen LogP contribution is 2.26. The molecular formula is C12H17BrN2O2. The van der Waals surface area contributed by atoms with Gasteiger partial charge < -0.3 is 15.8 Å². The van der Waals surface area contributed by atoms with Gasteiger partial charge in [0.25, 0.3) is 0 Å². The molecule has 0 aliphatic rings. The summed E-state index contributed by atoms with van der Waals surface area (Å²) >= 11 is 3.41. The fourth-order valence-electron chi connectivity index (χ4n) is 1.34. The molecule has 0 heterocycles. The third-order valence-corrected chi connectivity index (χ3v) is 3.11. The molecule has 0 aliphatic carbocycles. The van der Waals surface area contributed by atoms with Gasteiger partial charge >= 0.3 is 5.97 Å². The Morgan fingerprint density at radius 3 is 2.71 bits per heavy atom. The molecule has 0 radical (unpaired) electrons. The van der Waals surface area contributed by atoms with Gasteiger partial charge in [-0.25, -0.2) is 0 Å². The molecule has 0 aliphatic heterocycles. The summed E-state index contributed by atoms with van der Waals surface area (Å²) < 4.78 is 5.62. The third kappa shape index (κ3) is 3.63. The molecule has 0 spiro atoms. The molecule has 17 heavy (non-hydrogen) atoms. The van der Waals surface area contributed by atoms with E-state index in [-0.39, 0.29) is 5.97 Å². The monoisotopic (exact) mass is 300 g/mol. The number of carbonyl (C=O) groups is 1. The molecule has 0 saturated heterocycles. The van der Waals surface area contributed by atoms with Crippen LogP contribution in [0, 0.1) is 5.41 Å². The standard InChI is InChI=1S/C12H17BrN2O2/c1-12(2,11(16)17-3)7-15-10-5-4-8(14)6-9(10)13/h4-6,15H,7,14H2,1-3H3. The molecule has 1 rings (SSSR count). The summed E-state index contributed by atoms with van der Waals surface area (Å²) in [5.41, 5.74) is 6.66. The highest BCUT2D eigenvalue weighted by Gasteiger charge is 2.28. The number of halogens is 1. The topological polar surface area (TPSA) is 64.3 Å². The van der Waals surface area contributed by atoms with Crippen molar-refractivity contribution < 1.29 is 9.53 Å². The molecule has 0 fully saturated rings. The minimum absolute atomic E-state index is 0.239. The van der Waals surface area contributed by atoms with Gasteiger partial charge in [-0.15, -0.1) is 0 Å². The van der Waals surface area contributed by atoms with E-state index in [9.17, 15) is 4.79 Å². The van der Waals surface area contributed by atoms with Crippen molar-refractivity contribution in [3.63, 3.8) is 0 Å². The number of nitrogens with two attached hydrogens (primary N) is 1. The van der Waals surface area contributed by atoms with E-state index in [1.54, 1.807) is 6.07 Å². The molecule has 0 aromatic heterocycles. The van der Waals surface area contributed by atoms with Crippen LogP contribution < -0.4 is 11.1 Å². The van der Waals surface area contributed by atoms with Gasteiger partial charge in [0.15, 0.2) is 0 Å². The number of ether oxygens (including phenoxy) is 1. The maximum atomic E-state index is 11.5. The Hall–Kier alpha value is -1.23. The van der Waals surface area contributed by atoms with Crippen LogP contribution in [-0.4, -0.2) is 19.6 Å². The molecule has 94 valence electrons. The quantitative estimate of drug-likeness (QED) is 0.663. The lowest BCUT2D eigenvalue weighted by atomic mass is 9.93. The van der Waals surface area contributed by atoms with E-state index in [0.717, 1.165) is 10.2 Å². The highest BCUT2D eigenvalue weighted by molar-refractivity contribution is 9.10. The molecule has 3 N–H and O–H groups in total. The summed E-state index contributed by atoms with van der Waals surface area (Å²) in [5, 5.41) is 3.19. The molecule has 5 heteroatoms. The molecule has 0 atom stereocenters. The van der Waals surface area contributed by atoms with Crippen molar-refractivity contribution >= 4 is 33.3 Å². The van der Waals surface area contributed by atoms with Crippen LogP contribution in [0.5, 0.6) is 0 Å². The lowest BCUT2D eigenvalue weighted by Gasteiger charge is -2.22. The van der Waals surface area contributed by atoms with Crippen molar-refractivity contribution in [3.05, 3.63) is 22.7 Å². The predicted molar refractivity (Wildman–Crippen MR) is 72.8 cm³/mol. The SMILES string of the molecule is COC(=O)C(C)(C)CNc1ccc(N)cc1Br. The maximum Gasteiger partial charge on any atom is 0.313 e. The van der Waals surface area contributed by atoms with Crippen molar-refractivity contribution in [2.75, 3.05) is 24.7 Å². The van der Waals surface area contributed by atoms with Gasteiger partial charge in [-0.05, 0) is 48.0 Å². The van der Waals surface area contributed by atoms with E-state index < -0.39 is 5.41 Å². The average Bonchev–Trinajstić information content (AvgIpc) is 2.26. The molecule has 0 saturated carbocycles. The summed E-state index contributed by atoms with van der Waals surface area (Å²) in [6.45, 7) is 4.15. The number of rotatable bonds is 4. The van der Waals surface area contributed by atoms with Crippen LogP contribution in [0.25, 0.3) is 0 Å². The van der Waals surface area contributed by atoms with Crippen LogP contribution in [0.3, 0.4) is 0 Å². The van der Waals surface area contributed by atoms with E-state index in [4.69, 9.17) is 10.5 Å². The highest BCUT2D eigenvalue weighted by atomic mass is 79.9. The van der Waals surface area contributed by atoms with Crippen molar-refractivity contribution in [2.45, 2.75) is 13.8 Å². The normalized spacial score (nSPS) is 11.1. The minimum atomic E-state index is -0.574. The van der Waals surface area contributed by atoms with Crippen molar-refractivity contribution in [2.24, 2.45) is 5.41 Å². The van der Waals surface area contributed by atoms with E-state index >= 15 is 0 Å². The zero-order valence-electron chi connectivity index (χ0n) is 10.2. The Morgan fingerprint density at radius 2 is 2.18 bits per heavy atom. The molecule has 4 nitrogen and oxygen atoms in total. The third-order valence-electron chi connectivity index (χ3n) is 2.45. The van der Waals surface area contributed by atoms with E-state index in [0.29, 0.717) is 12.2 Å². The molecule has 0 bridgehead atoms. The van der Waals surface area contributed by atoms with Gasteiger partial charge in [0.2, 0.25) is 0 Å². The van der Waals surface area contributed by atoms with Crippen LogP contribution in [0.15, 0.2) is 22.7 Å². The number of hydrogen-bond donors (Lipinski definition) is 2. The zero-order chi connectivity index (χ0) is 13.1. The Bertz CT molecular complexity index is 419. The lowest BCUT2D eigenvalue weighted by molar-refractivity contribution is -0.149. The van der Waals surface area contributed by atoms with Crippen molar-refractivity contribution in [1.29, 1.82) is 0 Å².